The molecule has 0 bridgehead atoms. The van der Waals surface area contributed by atoms with Crippen molar-refractivity contribution in [1.29, 1.82) is 0 Å². The van der Waals surface area contributed by atoms with Crippen molar-refractivity contribution in [2.45, 2.75) is 82.7 Å². The van der Waals surface area contributed by atoms with Crippen LogP contribution < -0.4 is 19.7 Å². The number of para-hydroxylation sites is 1. The monoisotopic (exact) mass is 678 g/mol. The highest BCUT2D eigenvalue weighted by atomic mass is 19.2. The number of nitrogens with zero attached hydrogens (tertiary/aromatic N) is 1. The molecule has 4 aliphatic heterocycles. The zero-order chi connectivity index (χ0) is 34.4. The van der Waals surface area contributed by atoms with Gasteiger partial charge in [-0.1, -0.05) is 44.5 Å². The normalized spacial score (nSPS) is 21.0. The molecule has 4 heterocycles. The SMILES string of the molecule is C=C1C2=Cc3cc4c5c(c3OC2CCNc2ccccc2C1(C)CCCCCC(=O)Oc1c(F)c(F)c(F)c(F)c1F)CCCN5CCC4. The van der Waals surface area contributed by atoms with Crippen molar-refractivity contribution in [1.82, 2.24) is 0 Å². The molecule has 0 aromatic heterocycles. The third-order valence-corrected chi connectivity index (χ3v) is 10.6. The van der Waals surface area contributed by atoms with Crippen molar-refractivity contribution in [2.75, 3.05) is 29.9 Å². The molecule has 10 heteroatoms. The summed E-state index contributed by atoms with van der Waals surface area (Å²) < 4.78 is 80.0. The fraction of sp³-hybridized carbons (Fsp3) is 0.410. The van der Waals surface area contributed by atoms with Gasteiger partial charge in [0.25, 0.3) is 0 Å². The first-order chi connectivity index (χ1) is 23.6. The first-order valence-electron chi connectivity index (χ1n) is 17.2. The molecule has 0 aliphatic carbocycles. The lowest BCUT2D eigenvalue weighted by Gasteiger charge is -2.41. The molecule has 0 radical (unpaired) electrons. The summed E-state index contributed by atoms with van der Waals surface area (Å²) in [6.45, 7) is 9.79. The Morgan fingerprint density at radius 2 is 1.71 bits per heavy atom. The van der Waals surface area contributed by atoms with E-state index in [1.807, 2.05) is 12.1 Å². The number of esters is 1. The Kier molecular flexibility index (Phi) is 8.92. The molecule has 5 nitrogen and oxygen atoms in total. The zero-order valence-corrected chi connectivity index (χ0v) is 27.5. The maximum atomic E-state index is 14.0. The summed E-state index contributed by atoms with van der Waals surface area (Å²) in [6.07, 6.45) is 9.15. The summed E-state index contributed by atoms with van der Waals surface area (Å²) in [6, 6.07) is 10.5. The molecule has 4 aliphatic rings. The smallest absolute Gasteiger partial charge is 0.311 e. The molecule has 0 spiro atoms. The van der Waals surface area contributed by atoms with E-state index in [0.717, 1.165) is 85.4 Å². The van der Waals surface area contributed by atoms with E-state index in [9.17, 15) is 26.7 Å². The lowest BCUT2D eigenvalue weighted by molar-refractivity contribution is -0.135. The Morgan fingerprint density at radius 1 is 1.00 bits per heavy atom. The molecule has 1 N–H and O–H groups in total. The summed E-state index contributed by atoms with van der Waals surface area (Å²) in [7, 11) is 0. The van der Waals surface area contributed by atoms with E-state index in [-0.39, 0.29) is 12.5 Å². The van der Waals surface area contributed by atoms with Crippen molar-refractivity contribution in [3.8, 4) is 11.5 Å². The van der Waals surface area contributed by atoms with E-state index in [1.54, 1.807) is 0 Å². The molecule has 3 aromatic rings. The lowest BCUT2D eigenvalue weighted by atomic mass is 9.68. The number of nitrogens with one attached hydrogen (secondary N) is 1. The second-order valence-electron chi connectivity index (χ2n) is 13.7. The van der Waals surface area contributed by atoms with E-state index in [0.29, 0.717) is 25.7 Å². The van der Waals surface area contributed by atoms with Gasteiger partial charge < -0.3 is 19.7 Å². The van der Waals surface area contributed by atoms with Crippen LogP contribution in [-0.2, 0) is 23.1 Å². The molecular formula is C39H39F5N2O3. The molecule has 0 fully saturated rings. The van der Waals surface area contributed by atoms with Gasteiger partial charge in [0.2, 0.25) is 34.8 Å². The first-order valence-corrected chi connectivity index (χ1v) is 17.2. The maximum absolute atomic E-state index is 14.0. The number of fused-ring (bicyclic) bond motifs is 4. The van der Waals surface area contributed by atoms with Crippen LogP contribution in [0.4, 0.5) is 33.3 Å². The summed E-state index contributed by atoms with van der Waals surface area (Å²) in [5.41, 5.74) is 8.88. The van der Waals surface area contributed by atoms with Crippen molar-refractivity contribution in [3.05, 3.63) is 99.4 Å². The third kappa shape index (κ3) is 5.87. The van der Waals surface area contributed by atoms with Gasteiger partial charge in [0.15, 0.2) is 0 Å². The fourth-order valence-corrected chi connectivity index (χ4v) is 8.05. The number of aryl methyl sites for hydroxylation is 1. The fourth-order valence-electron chi connectivity index (χ4n) is 8.05. The lowest BCUT2D eigenvalue weighted by Crippen LogP contribution is -2.36. The van der Waals surface area contributed by atoms with Crippen LogP contribution in [0.15, 0.2) is 48.1 Å². The molecule has 0 saturated heterocycles. The number of rotatable bonds is 7. The number of ether oxygens (including phenoxy) is 2. The number of hydrogen-bond acceptors (Lipinski definition) is 5. The highest BCUT2D eigenvalue weighted by Crippen LogP contribution is 2.50. The summed E-state index contributed by atoms with van der Waals surface area (Å²) in [5, 5.41) is 3.64. The number of hydrogen-bond donors (Lipinski definition) is 1. The molecule has 7 rings (SSSR count). The first kappa shape index (κ1) is 33.2. The second kappa shape index (κ2) is 13.2. The molecule has 258 valence electrons. The van der Waals surface area contributed by atoms with Gasteiger partial charge in [-0.05, 0) is 79.0 Å². The zero-order valence-electron chi connectivity index (χ0n) is 27.5. The van der Waals surface area contributed by atoms with Crippen molar-refractivity contribution in [3.63, 3.8) is 0 Å². The van der Waals surface area contributed by atoms with Crippen molar-refractivity contribution in [2.24, 2.45) is 0 Å². The van der Waals surface area contributed by atoms with Gasteiger partial charge in [-0.3, -0.25) is 4.79 Å². The van der Waals surface area contributed by atoms with Gasteiger partial charge in [-0.2, -0.15) is 8.78 Å². The molecular weight excluding hydrogens is 639 g/mol. The minimum atomic E-state index is -2.31. The summed E-state index contributed by atoms with van der Waals surface area (Å²) in [4.78, 5) is 14.9. The average Bonchev–Trinajstić information content (AvgIpc) is 3.15. The van der Waals surface area contributed by atoms with E-state index in [1.165, 1.54) is 16.8 Å². The number of unbranched alkanes of at least 4 members (excludes halogenated alkanes) is 2. The highest BCUT2D eigenvalue weighted by Gasteiger charge is 2.40. The second-order valence-corrected chi connectivity index (χ2v) is 13.7. The van der Waals surface area contributed by atoms with Crippen LogP contribution in [0.5, 0.6) is 11.5 Å². The number of carbonyl (C=O) groups is 1. The Morgan fingerprint density at radius 3 is 2.49 bits per heavy atom. The topological polar surface area (TPSA) is 50.8 Å². The number of anilines is 2. The predicted molar refractivity (Wildman–Crippen MR) is 179 cm³/mol. The molecule has 2 atom stereocenters. The Bertz CT molecular complexity index is 1840. The molecule has 0 saturated carbocycles. The average molecular weight is 679 g/mol. The number of carbonyl (C=O) groups excluding carboxylic acids is 1. The Hall–Kier alpha value is -4.34. The Balaban J connectivity index is 1.11. The largest absolute Gasteiger partial charge is 0.485 e. The van der Waals surface area contributed by atoms with Gasteiger partial charge in [0, 0.05) is 60.4 Å². The van der Waals surface area contributed by atoms with Gasteiger partial charge >= 0.3 is 5.97 Å². The van der Waals surface area contributed by atoms with E-state index in [4.69, 9.17) is 11.3 Å². The molecule has 0 amide bonds. The summed E-state index contributed by atoms with van der Waals surface area (Å²) >= 11 is 0. The highest BCUT2D eigenvalue weighted by molar-refractivity contribution is 5.78. The Labute approximate surface area is 282 Å². The van der Waals surface area contributed by atoms with Crippen LogP contribution in [0.2, 0.25) is 0 Å². The van der Waals surface area contributed by atoms with E-state index < -0.39 is 46.2 Å². The van der Waals surface area contributed by atoms with Gasteiger partial charge in [0.05, 0.1) is 0 Å². The van der Waals surface area contributed by atoms with Crippen molar-refractivity contribution < 1.29 is 36.2 Å². The van der Waals surface area contributed by atoms with E-state index >= 15 is 0 Å². The predicted octanol–water partition coefficient (Wildman–Crippen LogP) is 9.11. The van der Waals surface area contributed by atoms with Crippen LogP contribution in [0.1, 0.15) is 80.5 Å². The molecule has 2 unspecified atom stereocenters. The third-order valence-electron chi connectivity index (χ3n) is 10.6. The van der Waals surface area contributed by atoms with Crippen LogP contribution in [0.3, 0.4) is 0 Å². The van der Waals surface area contributed by atoms with Gasteiger partial charge in [-0.25, -0.2) is 13.2 Å². The summed E-state index contributed by atoms with van der Waals surface area (Å²) in [5.74, 6) is -12.6. The quantitative estimate of drug-likeness (QED) is 0.0675. The van der Waals surface area contributed by atoms with Crippen LogP contribution in [0, 0.1) is 29.1 Å². The van der Waals surface area contributed by atoms with Gasteiger partial charge in [0.1, 0.15) is 11.9 Å². The number of benzene rings is 3. The van der Waals surface area contributed by atoms with Crippen LogP contribution in [0.25, 0.3) is 6.08 Å². The minimum Gasteiger partial charge on any atom is -0.485 e. The molecule has 49 heavy (non-hydrogen) atoms. The van der Waals surface area contributed by atoms with Gasteiger partial charge in [-0.15, -0.1) is 0 Å². The van der Waals surface area contributed by atoms with Crippen molar-refractivity contribution >= 4 is 23.4 Å². The molecule has 3 aromatic carbocycles. The van der Waals surface area contributed by atoms with E-state index in [2.05, 4.69) is 46.2 Å². The minimum absolute atomic E-state index is 0.175. The van der Waals surface area contributed by atoms with Crippen LogP contribution >= 0.6 is 0 Å². The van der Waals surface area contributed by atoms with Crippen LogP contribution in [-0.4, -0.2) is 31.7 Å². The number of halogens is 5. The standard InChI is InChI=1S/C39H39F5N2O3/c1-22-26-21-24-20-23-10-8-18-46-19-9-11-25(36(23)46)37(24)48-29(26)15-17-45-28-13-6-5-12-27(28)39(22,2)16-7-3-4-14-30(47)49-38-34(43)32(41)31(40)33(42)35(38)44/h5-6,12-13,20-21,29,45H,1,3-4,7-11,14-19H2,2H3. The maximum Gasteiger partial charge on any atom is 0.311 e.